The van der Waals surface area contributed by atoms with Crippen molar-refractivity contribution in [3.05, 3.63) is 72.2 Å². The van der Waals surface area contributed by atoms with Crippen LogP contribution in [0.15, 0.2) is 61.1 Å². The lowest BCUT2D eigenvalue weighted by Crippen LogP contribution is -2.42. The molecule has 4 rings (SSSR count). The van der Waals surface area contributed by atoms with Gasteiger partial charge in [0.2, 0.25) is 5.91 Å². The van der Waals surface area contributed by atoms with Crippen molar-refractivity contribution in [2.24, 2.45) is 0 Å². The highest BCUT2D eigenvalue weighted by Gasteiger charge is 2.49. The number of pyridine rings is 1. The lowest BCUT2D eigenvalue weighted by atomic mass is 9.91. The summed E-state index contributed by atoms with van der Waals surface area (Å²) in [6.45, 7) is 3.15. The highest BCUT2D eigenvalue weighted by atomic mass is 16.2. The Morgan fingerprint density at radius 1 is 1.13 bits per heavy atom. The van der Waals surface area contributed by atoms with Crippen molar-refractivity contribution in [3.8, 4) is 5.82 Å². The smallest absolute Gasteiger partial charge is 0.321 e. The molecule has 1 aliphatic rings. The lowest BCUT2D eigenvalue weighted by molar-refractivity contribution is -0.133. The molecule has 9 heteroatoms. The molecule has 3 aromatic rings. The lowest BCUT2D eigenvalue weighted by Gasteiger charge is -2.22. The van der Waals surface area contributed by atoms with Crippen LogP contribution in [0.3, 0.4) is 0 Å². The maximum absolute atomic E-state index is 13.0. The molecule has 0 bridgehead atoms. The fourth-order valence-electron chi connectivity index (χ4n) is 3.33. The van der Waals surface area contributed by atoms with E-state index in [0.29, 0.717) is 17.1 Å². The SMILES string of the molecule is Cc1ccc(C2(C)NC(=O)N(CC(=O)Nc3cccnc3-n3cccn3)C2=O)cc1. The molecule has 0 spiro atoms. The number of nitrogens with zero attached hydrogens (tertiary/aromatic N) is 4. The maximum atomic E-state index is 13.0. The third-order valence-electron chi connectivity index (χ3n) is 4.99. The number of anilines is 1. The Labute approximate surface area is 172 Å². The van der Waals surface area contributed by atoms with Gasteiger partial charge in [0.1, 0.15) is 12.1 Å². The van der Waals surface area contributed by atoms with Crippen LogP contribution in [0.5, 0.6) is 0 Å². The first-order chi connectivity index (χ1) is 14.4. The van der Waals surface area contributed by atoms with Gasteiger partial charge in [-0.3, -0.25) is 14.5 Å². The van der Waals surface area contributed by atoms with Crippen LogP contribution in [0.25, 0.3) is 5.82 Å². The van der Waals surface area contributed by atoms with E-state index in [1.54, 1.807) is 55.8 Å². The Morgan fingerprint density at radius 3 is 2.60 bits per heavy atom. The van der Waals surface area contributed by atoms with Gasteiger partial charge in [-0.25, -0.2) is 14.5 Å². The number of urea groups is 1. The standard InChI is InChI=1S/C21H20N6O3/c1-14-6-8-15(9-7-14)21(2)19(29)26(20(30)25-21)13-17(28)24-16-5-3-10-22-18(16)27-12-4-11-23-27/h3-12H,13H2,1-2H3,(H,24,28)(H,25,30). The van der Waals surface area contributed by atoms with E-state index in [1.807, 2.05) is 19.1 Å². The summed E-state index contributed by atoms with van der Waals surface area (Å²) in [7, 11) is 0. The number of carbonyl (C=O) groups excluding carboxylic acids is 3. The number of nitrogens with one attached hydrogen (secondary N) is 2. The molecule has 3 heterocycles. The highest BCUT2D eigenvalue weighted by Crippen LogP contribution is 2.29. The minimum atomic E-state index is -1.22. The van der Waals surface area contributed by atoms with Gasteiger partial charge in [0, 0.05) is 18.6 Å². The highest BCUT2D eigenvalue weighted by molar-refractivity contribution is 6.10. The van der Waals surface area contributed by atoms with E-state index in [0.717, 1.165) is 10.5 Å². The fourth-order valence-corrected chi connectivity index (χ4v) is 3.33. The first kappa shape index (κ1) is 19.3. The average Bonchev–Trinajstić information content (AvgIpc) is 3.33. The Morgan fingerprint density at radius 2 is 1.90 bits per heavy atom. The van der Waals surface area contributed by atoms with E-state index in [1.165, 1.54) is 4.68 Å². The molecule has 0 aliphatic carbocycles. The van der Waals surface area contributed by atoms with Gasteiger partial charge >= 0.3 is 6.03 Å². The topological polar surface area (TPSA) is 109 Å². The number of aryl methyl sites for hydroxylation is 1. The van der Waals surface area contributed by atoms with Gasteiger partial charge in [0.05, 0.1) is 5.69 Å². The Balaban J connectivity index is 1.51. The quantitative estimate of drug-likeness (QED) is 0.632. The molecule has 9 nitrogen and oxygen atoms in total. The van der Waals surface area contributed by atoms with E-state index in [2.05, 4.69) is 20.7 Å². The van der Waals surface area contributed by atoms with Crippen molar-refractivity contribution >= 4 is 23.5 Å². The molecule has 0 radical (unpaired) electrons. The summed E-state index contributed by atoms with van der Waals surface area (Å²) in [6, 6.07) is 11.8. The van der Waals surface area contributed by atoms with Crippen LogP contribution >= 0.6 is 0 Å². The molecule has 2 aromatic heterocycles. The van der Waals surface area contributed by atoms with Gasteiger partial charge in [0.25, 0.3) is 5.91 Å². The Hall–Kier alpha value is -4.01. The summed E-state index contributed by atoms with van der Waals surface area (Å²) in [5.41, 5.74) is 0.890. The van der Waals surface area contributed by atoms with Crippen molar-refractivity contribution in [2.45, 2.75) is 19.4 Å². The van der Waals surface area contributed by atoms with Crippen LogP contribution < -0.4 is 10.6 Å². The number of rotatable bonds is 5. The second kappa shape index (κ2) is 7.43. The molecular formula is C21H20N6O3. The monoisotopic (exact) mass is 404 g/mol. The Bertz CT molecular complexity index is 1110. The van der Waals surface area contributed by atoms with Crippen LogP contribution in [-0.4, -0.2) is 44.1 Å². The van der Waals surface area contributed by atoms with Gasteiger partial charge in [-0.2, -0.15) is 5.10 Å². The average molecular weight is 404 g/mol. The van der Waals surface area contributed by atoms with Crippen LogP contribution in [0.4, 0.5) is 10.5 Å². The van der Waals surface area contributed by atoms with Crippen molar-refractivity contribution in [2.75, 3.05) is 11.9 Å². The van der Waals surface area contributed by atoms with Crippen molar-refractivity contribution in [1.82, 2.24) is 25.0 Å². The number of aromatic nitrogens is 3. The minimum absolute atomic E-state index is 0.416. The van der Waals surface area contributed by atoms with Crippen LogP contribution in [-0.2, 0) is 15.1 Å². The minimum Gasteiger partial charge on any atom is -0.321 e. The van der Waals surface area contributed by atoms with Crippen molar-refractivity contribution < 1.29 is 14.4 Å². The predicted octanol–water partition coefficient (Wildman–Crippen LogP) is 1.98. The molecular weight excluding hydrogens is 384 g/mol. The van der Waals surface area contributed by atoms with Crippen molar-refractivity contribution in [3.63, 3.8) is 0 Å². The molecule has 30 heavy (non-hydrogen) atoms. The molecule has 1 unspecified atom stereocenters. The summed E-state index contributed by atoms with van der Waals surface area (Å²) in [4.78, 5) is 43.2. The van der Waals surface area contributed by atoms with E-state index < -0.39 is 29.9 Å². The molecule has 1 atom stereocenters. The summed E-state index contributed by atoms with van der Waals surface area (Å²) < 4.78 is 1.51. The normalized spacial score (nSPS) is 18.4. The summed E-state index contributed by atoms with van der Waals surface area (Å²) in [5.74, 6) is -0.574. The zero-order valence-corrected chi connectivity index (χ0v) is 16.5. The van der Waals surface area contributed by atoms with Gasteiger partial charge < -0.3 is 10.6 Å². The third-order valence-corrected chi connectivity index (χ3v) is 4.99. The molecule has 1 fully saturated rings. The zero-order chi connectivity index (χ0) is 21.3. The maximum Gasteiger partial charge on any atom is 0.325 e. The van der Waals surface area contributed by atoms with Gasteiger partial charge in [-0.15, -0.1) is 0 Å². The van der Waals surface area contributed by atoms with Crippen LogP contribution in [0.2, 0.25) is 0 Å². The molecule has 1 saturated heterocycles. The molecule has 1 aromatic carbocycles. The summed E-state index contributed by atoms with van der Waals surface area (Å²) in [5, 5.41) is 9.52. The zero-order valence-electron chi connectivity index (χ0n) is 16.5. The largest absolute Gasteiger partial charge is 0.325 e. The summed E-state index contributed by atoms with van der Waals surface area (Å²) >= 11 is 0. The van der Waals surface area contributed by atoms with Gasteiger partial charge in [0.15, 0.2) is 5.82 Å². The van der Waals surface area contributed by atoms with Crippen LogP contribution in [0.1, 0.15) is 18.1 Å². The second-order valence-electron chi connectivity index (χ2n) is 7.19. The summed E-state index contributed by atoms with van der Waals surface area (Å²) in [6.07, 6.45) is 4.87. The molecule has 4 amide bonds. The van der Waals surface area contributed by atoms with E-state index in [-0.39, 0.29) is 0 Å². The number of hydrogen-bond donors (Lipinski definition) is 2. The second-order valence-corrected chi connectivity index (χ2v) is 7.19. The number of hydrogen-bond acceptors (Lipinski definition) is 5. The molecule has 152 valence electrons. The van der Waals surface area contributed by atoms with Gasteiger partial charge in [-0.1, -0.05) is 29.8 Å². The number of amides is 4. The van der Waals surface area contributed by atoms with Crippen LogP contribution in [0, 0.1) is 6.92 Å². The predicted molar refractivity (Wildman–Crippen MR) is 109 cm³/mol. The van der Waals surface area contributed by atoms with E-state index in [4.69, 9.17) is 0 Å². The number of benzene rings is 1. The fraction of sp³-hybridized carbons (Fsp3) is 0.190. The van der Waals surface area contributed by atoms with Crippen molar-refractivity contribution in [1.29, 1.82) is 0 Å². The Kier molecular flexibility index (Phi) is 4.78. The van der Waals surface area contributed by atoms with E-state index in [9.17, 15) is 14.4 Å². The molecule has 2 N–H and O–H groups in total. The number of imide groups is 1. The molecule has 0 saturated carbocycles. The van der Waals surface area contributed by atoms with E-state index >= 15 is 0 Å². The first-order valence-electron chi connectivity index (χ1n) is 9.34. The molecule has 1 aliphatic heterocycles. The number of carbonyl (C=O) groups is 3. The van der Waals surface area contributed by atoms with Gasteiger partial charge in [-0.05, 0) is 37.6 Å². The third kappa shape index (κ3) is 3.41. The first-order valence-corrected chi connectivity index (χ1v) is 9.34.